The number of thiophene rings is 1. The highest BCUT2D eigenvalue weighted by molar-refractivity contribution is 7.20. The summed E-state index contributed by atoms with van der Waals surface area (Å²) in [5.74, 6) is -0.204. The Morgan fingerprint density at radius 2 is 1.97 bits per heavy atom. The van der Waals surface area contributed by atoms with Gasteiger partial charge in [-0.2, -0.15) is 0 Å². The average Bonchev–Trinajstić information content (AvgIpc) is 3.38. The maximum Gasteiger partial charge on any atom is 0.262 e. The zero-order valence-electron chi connectivity index (χ0n) is 18.4. The molecule has 0 radical (unpaired) electrons. The van der Waals surface area contributed by atoms with Crippen LogP contribution in [0.3, 0.4) is 0 Å². The summed E-state index contributed by atoms with van der Waals surface area (Å²) in [5, 5.41) is 3.49. The molecule has 8 nitrogen and oxygen atoms in total. The van der Waals surface area contributed by atoms with E-state index in [0.29, 0.717) is 33.2 Å². The van der Waals surface area contributed by atoms with E-state index in [9.17, 15) is 14.4 Å². The van der Waals surface area contributed by atoms with E-state index in [1.807, 2.05) is 4.90 Å². The molecule has 4 heterocycles. The minimum absolute atomic E-state index is 0.00682. The number of carbonyl (C=O) groups excluding carboxylic acids is 2. The van der Waals surface area contributed by atoms with Gasteiger partial charge in [0.1, 0.15) is 11.4 Å². The molecule has 168 valence electrons. The number of likely N-dealkylation sites (tertiary alicyclic amines) is 2. The molecule has 9 heteroatoms. The van der Waals surface area contributed by atoms with E-state index < -0.39 is 0 Å². The molecule has 2 aromatic rings. The van der Waals surface area contributed by atoms with Crippen molar-refractivity contribution in [2.45, 2.75) is 58.5 Å². The lowest BCUT2D eigenvalue weighted by Crippen LogP contribution is -2.40. The van der Waals surface area contributed by atoms with Crippen molar-refractivity contribution in [2.24, 2.45) is 0 Å². The van der Waals surface area contributed by atoms with Gasteiger partial charge in [0.15, 0.2) is 0 Å². The molecule has 2 aromatic heterocycles. The van der Waals surface area contributed by atoms with Crippen molar-refractivity contribution < 1.29 is 9.59 Å². The van der Waals surface area contributed by atoms with Crippen LogP contribution in [0, 0.1) is 6.92 Å². The quantitative estimate of drug-likeness (QED) is 0.735. The van der Waals surface area contributed by atoms with Gasteiger partial charge in [0.2, 0.25) is 5.91 Å². The van der Waals surface area contributed by atoms with Crippen LogP contribution in [0.2, 0.25) is 0 Å². The molecule has 0 saturated carbocycles. The first-order valence-corrected chi connectivity index (χ1v) is 12.1. The van der Waals surface area contributed by atoms with Crippen molar-refractivity contribution in [1.82, 2.24) is 24.7 Å². The highest BCUT2D eigenvalue weighted by Crippen LogP contribution is 2.27. The number of aromatic nitrogens is 2. The van der Waals surface area contributed by atoms with E-state index >= 15 is 0 Å². The molecule has 0 bridgehead atoms. The normalized spacial score (nSPS) is 19.8. The number of nitrogens with zero attached hydrogens (tertiary/aromatic N) is 4. The number of fused-ring (bicyclic) bond motifs is 1. The van der Waals surface area contributed by atoms with E-state index in [1.54, 1.807) is 6.92 Å². The summed E-state index contributed by atoms with van der Waals surface area (Å²) in [4.78, 5) is 48.2. The zero-order valence-corrected chi connectivity index (χ0v) is 19.2. The summed E-state index contributed by atoms with van der Waals surface area (Å²) in [5.41, 5.74) is 0.393. The topological polar surface area (TPSA) is 87.5 Å². The third kappa shape index (κ3) is 4.52. The van der Waals surface area contributed by atoms with Gasteiger partial charge in [-0.05, 0) is 57.7 Å². The van der Waals surface area contributed by atoms with Crippen LogP contribution >= 0.6 is 11.3 Å². The lowest BCUT2D eigenvalue weighted by molar-refractivity contribution is -0.132. The summed E-state index contributed by atoms with van der Waals surface area (Å²) >= 11 is 1.25. The second-order valence-electron chi connectivity index (χ2n) is 8.49. The Bertz CT molecular complexity index is 1020. The predicted molar refractivity (Wildman–Crippen MR) is 122 cm³/mol. The standard InChI is InChI=1S/C22H31N5O3S/c1-3-25-11-7-8-16(25)12-23-20(29)19-15(2)18-21(31-19)24-14-27(22(18)30)13-17(28)26-9-5-4-6-10-26/h14,16H,3-13H2,1-2H3,(H,23,29). The molecule has 0 spiro atoms. The number of amides is 2. The van der Waals surface area contributed by atoms with Gasteiger partial charge in [0.25, 0.3) is 11.5 Å². The highest BCUT2D eigenvalue weighted by atomic mass is 32.1. The molecular weight excluding hydrogens is 414 g/mol. The molecule has 2 aliphatic heterocycles. The van der Waals surface area contributed by atoms with Crippen LogP contribution in [0.5, 0.6) is 0 Å². The average molecular weight is 446 g/mol. The lowest BCUT2D eigenvalue weighted by Gasteiger charge is -2.26. The van der Waals surface area contributed by atoms with Crippen LogP contribution in [0.1, 0.15) is 54.3 Å². The van der Waals surface area contributed by atoms with Gasteiger partial charge in [0.05, 0.1) is 16.6 Å². The maximum absolute atomic E-state index is 13.1. The van der Waals surface area contributed by atoms with Gasteiger partial charge in [-0.25, -0.2) is 4.98 Å². The van der Waals surface area contributed by atoms with Gasteiger partial charge < -0.3 is 10.2 Å². The van der Waals surface area contributed by atoms with Crippen LogP contribution in [0.4, 0.5) is 0 Å². The van der Waals surface area contributed by atoms with E-state index in [2.05, 4.69) is 22.1 Å². The summed E-state index contributed by atoms with van der Waals surface area (Å²) < 4.78 is 1.37. The molecular formula is C22H31N5O3S. The minimum Gasteiger partial charge on any atom is -0.350 e. The van der Waals surface area contributed by atoms with Gasteiger partial charge in [-0.15, -0.1) is 11.3 Å². The third-order valence-corrected chi connectivity index (χ3v) is 7.74. The lowest BCUT2D eigenvalue weighted by atomic mass is 10.1. The summed E-state index contributed by atoms with van der Waals surface area (Å²) in [7, 11) is 0. The number of aryl methyl sites for hydroxylation is 1. The Morgan fingerprint density at radius 1 is 1.19 bits per heavy atom. The van der Waals surface area contributed by atoms with Crippen molar-refractivity contribution >= 4 is 33.4 Å². The fourth-order valence-electron chi connectivity index (χ4n) is 4.71. The molecule has 31 heavy (non-hydrogen) atoms. The fourth-order valence-corrected chi connectivity index (χ4v) is 5.77. The van der Waals surface area contributed by atoms with E-state index in [0.717, 1.165) is 58.3 Å². The molecule has 2 saturated heterocycles. The third-order valence-electron chi connectivity index (χ3n) is 6.54. The minimum atomic E-state index is -0.254. The summed E-state index contributed by atoms with van der Waals surface area (Å²) in [6, 6.07) is 0.375. The first kappa shape index (κ1) is 22.0. The second-order valence-corrected chi connectivity index (χ2v) is 9.49. The van der Waals surface area contributed by atoms with Crippen LogP contribution in [0.25, 0.3) is 10.2 Å². The number of likely N-dealkylation sites (N-methyl/N-ethyl adjacent to an activating group) is 1. The van der Waals surface area contributed by atoms with E-state index in [1.165, 1.54) is 22.2 Å². The molecule has 1 unspecified atom stereocenters. The van der Waals surface area contributed by atoms with Crippen LogP contribution in [-0.4, -0.2) is 69.9 Å². The van der Waals surface area contributed by atoms with Crippen molar-refractivity contribution in [3.05, 3.63) is 27.1 Å². The first-order valence-electron chi connectivity index (χ1n) is 11.3. The van der Waals surface area contributed by atoms with Gasteiger partial charge >= 0.3 is 0 Å². The van der Waals surface area contributed by atoms with Gasteiger partial charge in [-0.1, -0.05) is 6.92 Å². The van der Waals surface area contributed by atoms with Gasteiger partial charge in [0, 0.05) is 25.7 Å². The van der Waals surface area contributed by atoms with Crippen molar-refractivity contribution in [1.29, 1.82) is 0 Å². The maximum atomic E-state index is 13.1. The second kappa shape index (κ2) is 9.48. The van der Waals surface area contributed by atoms with Crippen LogP contribution in [0.15, 0.2) is 11.1 Å². The SMILES string of the molecule is CCN1CCCC1CNC(=O)c1sc2ncn(CC(=O)N3CCCCC3)c(=O)c2c1C. The zero-order chi connectivity index (χ0) is 22.0. The fraction of sp³-hybridized carbons (Fsp3) is 0.636. The molecule has 0 aromatic carbocycles. The van der Waals surface area contributed by atoms with Crippen LogP contribution in [-0.2, 0) is 11.3 Å². The van der Waals surface area contributed by atoms with Crippen molar-refractivity contribution in [3.8, 4) is 0 Å². The molecule has 1 N–H and O–H groups in total. The molecule has 0 aliphatic carbocycles. The number of hydrogen-bond donors (Lipinski definition) is 1. The number of nitrogens with one attached hydrogen (secondary N) is 1. The Morgan fingerprint density at radius 3 is 2.71 bits per heavy atom. The van der Waals surface area contributed by atoms with Crippen molar-refractivity contribution in [2.75, 3.05) is 32.7 Å². The monoisotopic (exact) mass is 445 g/mol. The number of carbonyl (C=O) groups is 2. The molecule has 4 rings (SSSR count). The summed E-state index contributed by atoms with van der Waals surface area (Å²) in [6.45, 7) is 8.11. The smallest absolute Gasteiger partial charge is 0.262 e. The Balaban J connectivity index is 1.50. The van der Waals surface area contributed by atoms with E-state index in [-0.39, 0.29) is 23.9 Å². The Hall–Kier alpha value is -2.26. The van der Waals surface area contributed by atoms with Crippen LogP contribution < -0.4 is 10.9 Å². The number of hydrogen-bond acceptors (Lipinski definition) is 6. The molecule has 1 atom stereocenters. The summed E-state index contributed by atoms with van der Waals surface area (Å²) in [6.07, 6.45) is 6.86. The van der Waals surface area contributed by atoms with Gasteiger partial charge in [-0.3, -0.25) is 23.9 Å². The Kier molecular flexibility index (Phi) is 6.71. The highest BCUT2D eigenvalue weighted by Gasteiger charge is 2.25. The first-order chi connectivity index (χ1) is 15.0. The molecule has 2 aliphatic rings. The number of piperidine rings is 1. The van der Waals surface area contributed by atoms with E-state index in [4.69, 9.17) is 0 Å². The number of rotatable bonds is 6. The van der Waals surface area contributed by atoms with Crippen molar-refractivity contribution in [3.63, 3.8) is 0 Å². The largest absolute Gasteiger partial charge is 0.350 e. The molecule has 2 amide bonds. The predicted octanol–water partition coefficient (Wildman–Crippen LogP) is 1.99. The molecule has 2 fully saturated rings. The Labute approximate surface area is 186 Å².